The van der Waals surface area contributed by atoms with Gasteiger partial charge in [-0.1, -0.05) is 0 Å². The molecule has 0 amide bonds. The fourth-order valence-corrected chi connectivity index (χ4v) is 3.06. The van der Waals surface area contributed by atoms with Crippen molar-refractivity contribution < 1.29 is 28.8 Å². The number of benzene rings is 2. The van der Waals surface area contributed by atoms with Crippen LogP contribution >= 0.6 is 0 Å². The second kappa shape index (κ2) is 7.00. The third kappa shape index (κ3) is 2.94. The Hall–Kier alpha value is -3.15. The SMILES string of the molecule is COc1cc(C=C2Cc3cc(OC)c(OC)cc3C2=O)c(OC)cc1O. The van der Waals surface area contributed by atoms with Gasteiger partial charge in [-0.3, -0.25) is 4.79 Å². The van der Waals surface area contributed by atoms with Crippen molar-refractivity contribution in [2.45, 2.75) is 6.42 Å². The number of fused-ring (bicyclic) bond motifs is 1. The van der Waals surface area contributed by atoms with Gasteiger partial charge >= 0.3 is 0 Å². The number of hydrogen-bond acceptors (Lipinski definition) is 6. The highest BCUT2D eigenvalue weighted by atomic mass is 16.5. The van der Waals surface area contributed by atoms with Gasteiger partial charge in [0, 0.05) is 29.2 Å². The Morgan fingerprint density at radius 1 is 0.846 bits per heavy atom. The zero-order valence-electron chi connectivity index (χ0n) is 15.1. The van der Waals surface area contributed by atoms with E-state index < -0.39 is 0 Å². The van der Waals surface area contributed by atoms with Crippen LogP contribution in [0.3, 0.4) is 0 Å². The predicted molar refractivity (Wildman–Crippen MR) is 96.8 cm³/mol. The summed E-state index contributed by atoms with van der Waals surface area (Å²) < 4.78 is 21.0. The van der Waals surface area contributed by atoms with Gasteiger partial charge in [0.25, 0.3) is 0 Å². The lowest BCUT2D eigenvalue weighted by Gasteiger charge is -2.10. The number of phenolic OH excluding ortho intramolecular Hbond substituents is 1. The van der Waals surface area contributed by atoms with Crippen LogP contribution < -0.4 is 18.9 Å². The van der Waals surface area contributed by atoms with Crippen molar-refractivity contribution in [2.24, 2.45) is 0 Å². The Bertz CT molecular complexity index is 898. The van der Waals surface area contributed by atoms with Crippen LogP contribution in [0.25, 0.3) is 6.08 Å². The van der Waals surface area contributed by atoms with Crippen molar-refractivity contribution in [3.05, 3.63) is 46.5 Å². The Morgan fingerprint density at radius 2 is 1.46 bits per heavy atom. The van der Waals surface area contributed by atoms with Crippen molar-refractivity contribution in [3.63, 3.8) is 0 Å². The van der Waals surface area contributed by atoms with Crippen molar-refractivity contribution >= 4 is 11.9 Å². The van der Waals surface area contributed by atoms with Gasteiger partial charge in [-0.05, 0) is 29.8 Å². The maximum Gasteiger partial charge on any atom is 0.189 e. The maximum absolute atomic E-state index is 12.8. The van der Waals surface area contributed by atoms with Crippen LogP contribution in [0.15, 0.2) is 29.8 Å². The smallest absolute Gasteiger partial charge is 0.189 e. The van der Waals surface area contributed by atoms with Crippen LogP contribution in [0.5, 0.6) is 28.7 Å². The van der Waals surface area contributed by atoms with E-state index in [-0.39, 0.29) is 11.5 Å². The summed E-state index contributed by atoms with van der Waals surface area (Å²) in [5.41, 5.74) is 2.74. The summed E-state index contributed by atoms with van der Waals surface area (Å²) in [6.45, 7) is 0. The molecule has 1 aliphatic rings. The molecule has 26 heavy (non-hydrogen) atoms. The lowest BCUT2D eigenvalue weighted by atomic mass is 10.1. The molecule has 0 aromatic heterocycles. The number of rotatable bonds is 5. The summed E-state index contributed by atoms with van der Waals surface area (Å²) in [6.07, 6.45) is 2.23. The zero-order chi connectivity index (χ0) is 18.8. The number of carbonyl (C=O) groups is 1. The molecule has 0 aliphatic heterocycles. The Morgan fingerprint density at radius 3 is 2.08 bits per heavy atom. The van der Waals surface area contributed by atoms with E-state index in [1.54, 1.807) is 25.3 Å². The molecule has 6 heteroatoms. The summed E-state index contributed by atoms with van der Waals surface area (Å²) in [5, 5.41) is 9.90. The maximum atomic E-state index is 12.8. The molecule has 6 nitrogen and oxygen atoms in total. The van der Waals surface area contributed by atoms with E-state index in [2.05, 4.69) is 0 Å². The molecule has 0 fully saturated rings. The topological polar surface area (TPSA) is 74.2 Å². The number of methoxy groups -OCH3 is 4. The molecule has 0 saturated heterocycles. The van der Waals surface area contributed by atoms with Crippen LogP contribution in [0.2, 0.25) is 0 Å². The molecular weight excluding hydrogens is 336 g/mol. The van der Waals surface area contributed by atoms with Gasteiger partial charge in [-0.15, -0.1) is 0 Å². The third-order valence-corrected chi connectivity index (χ3v) is 4.39. The molecule has 0 spiro atoms. The summed E-state index contributed by atoms with van der Waals surface area (Å²) in [6, 6.07) is 6.62. The second-order valence-corrected chi connectivity index (χ2v) is 5.81. The van der Waals surface area contributed by atoms with Gasteiger partial charge in [0.05, 0.1) is 28.4 Å². The molecule has 2 aromatic rings. The summed E-state index contributed by atoms with van der Waals surface area (Å²) in [7, 11) is 6.07. The highest BCUT2D eigenvalue weighted by Crippen LogP contribution is 2.39. The van der Waals surface area contributed by atoms with E-state index in [4.69, 9.17) is 18.9 Å². The first-order valence-electron chi connectivity index (χ1n) is 7.97. The molecule has 1 aliphatic carbocycles. The number of carbonyl (C=O) groups excluding carboxylic acids is 1. The van der Waals surface area contributed by atoms with Gasteiger partial charge in [0.1, 0.15) is 5.75 Å². The number of ether oxygens (including phenoxy) is 4. The van der Waals surface area contributed by atoms with E-state index in [9.17, 15) is 9.90 Å². The first kappa shape index (κ1) is 17.7. The first-order chi connectivity index (χ1) is 12.5. The van der Waals surface area contributed by atoms with Gasteiger partial charge in [-0.25, -0.2) is 0 Å². The quantitative estimate of drug-likeness (QED) is 0.829. The molecule has 0 heterocycles. The molecule has 0 saturated carbocycles. The lowest BCUT2D eigenvalue weighted by molar-refractivity contribution is 0.104. The van der Waals surface area contributed by atoms with Crippen molar-refractivity contribution in [1.29, 1.82) is 0 Å². The number of aromatic hydroxyl groups is 1. The van der Waals surface area contributed by atoms with Crippen LogP contribution in [0.1, 0.15) is 21.5 Å². The number of allylic oxidation sites excluding steroid dienone is 1. The number of hydrogen-bond donors (Lipinski definition) is 1. The average molecular weight is 356 g/mol. The average Bonchev–Trinajstić information content (AvgIpc) is 2.96. The molecule has 3 rings (SSSR count). The lowest BCUT2D eigenvalue weighted by Crippen LogP contribution is -1.98. The van der Waals surface area contributed by atoms with E-state index in [0.717, 1.165) is 5.56 Å². The summed E-state index contributed by atoms with van der Waals surface area (Å²) in [4.78, 5) is 12.8. The molecule has 0 radical (unpaired) electrons. The van der Waals surface area contributed by atoms with E-state index >= 15 is 0 Å². The molecule has 136 valence electrons. The van der Waals surface area contributed by atoms with Crippen LogP contribution in [-0.4, -0.2) is 39.3 Å². The zero-order valence-corrected chi connectivity index (χ0v) is 15.1. The van der Waals surface area contributed by atoms with E-state index in [1.807, 2.05) is 6.07 Å². The minimum absolute atomic E-state index is 0.0259. The fraction of sp³-hybridized carbons (Fsp3) is 0.250. The van der Waals surface area contributed by atoms with E-state index in [1.165, 1.54) is 27.4 Å². The van der Waals surface area contributed by atoms with Gasteiger partial charge in [-0.2, -0.15) is 0 Å². The van der Waals surface area contributed by atoms with Crippen LogP contribution in [0.4, 0.5) is 0 Å². The largest absolute Gasteiger partial charge is 0.504 e. The van der Waals surface area contributed by atoms with Crippen molar-refractivity contribution in [3.8, 4) is 28.7 Å². The Labute approximate surface area is 151 Å². The number of ketones is 1. The normalized spacial score (nSPS) is 14.3. The second-order valence-electron chi connectivity index (χ2n) is 5.81. The molecule has 0 atom stereocenters. The first-order valence-corrected chi connectivity index (χ1v) is 7.97. The van der Waals surface area contributed by atoms with Crippen LogP contribution in [-0.2, 0) is 6.42 Å². The molecule has 0 unspecified atom stereocenters. The van der Waals surface area contributed by atoms with Crippen LogP contribution in [0, 0.1) is 0 Å². The van der Waals surface area contributed by atoms with E-state index in [0.29, 0.717) is 46.1 Å². The summed E-state index contributed by atoms with van der Waals surface area (Å²) >= 11 is 0. The molecule has 0 bridgehead atoms. The minimum Gasteiger partial charge on any atom is -0.504 e. The fourth-order valence-electron chi connectivity index (χ4n) is 3.06. The van der Waals surface area contributed by atoms with Gasteiger partial charge in [0.2, 0.25) is 0 Å². The highest BCUT2D eigenvalue weighted by molar-refractivity contribution is 6.16. The number of phenols is 1. The molecule has 2 aromatic carbocycles. The Balaban J connectivity index is 2.05. The van der Waals surface area contributed by atoms with Gasteiger partial charge < -0.3 is 24.1 Å². The monoisotopic (exact) mass is 356 g/mol. The molecule has 1 N–H and O–H groups in total. The third-order valence-electron chi connectivity index (χ3n) is 4.39. The predicted octanol–water partition coefficient (Wildman–Crippen LogP) is 3.25. The van der Waals surface area contributed by atoms with Crippen molar-refractivity contribution in [1.82, 2.24) is 0 Å². The highest BCUT2D eigenvalue weighted by Gasteiger charge is 2.27. The molecular formula is C20H20O6. The number of Topliss-reactive ketones (excluding diaryl/α,β-unsaturated/α-hetero) is 1. The van der Waals surface area contributed by atoms with Crippen molar-refractivity contribution in [2.75, 3.05) is 28.4 Å². The summed E-state index contributed by atoms with van der Waals surface area (Å²) in [5.74, 6) is 1.77. The van der Waals surface area contributed by atoms with Gasteiger partial charge in [0.15, 0.2) is 28.8 Å². The minimum atomic E-state index is -0.0740. The Kier molecular flexibility index (Phi) is 4.75. The standard InChI is InChI=1S/C20H20O6/c1-23-16-10-15(21)17(24-2)8-12(16)6-13-5-11-7-18(25-3)19(26-4)9-14(11)20(13)22/h6-10,21H,5H2,1-4H3.